The standard InChI is InChI=1S/C24H29ClN4O/c1-27(2)13-3-4-24(30)28-14-10-18(11-15-28)22-17-29(20-7-5-19(25)6-8-20)23-16-26-12-9-21(22)23/h5-9,12,16-18H,3-4,10-11,13-15H2,1-2H3. The van der Waals surface area contributed by atoms with E-state index >= 15 is 0 Å². The largest absolute Gasteiger partial charge is 0.343 e. The van der Waals surface area contributed by atoms with E-state index < -0.39 is 0 Å². The van der Waals surface area contributed by atoms with E-state index in [9.17, 15) is 4.79 Å². The Kier molecular flexibility index (Phi) is 6.40. The Labute approximate surface area is 183 Å². The molecule has 0 N–H and O–H groups in total. The summed E-state index contributed by atoms with van der Waals surface area (Å²) in [5.74, 6) is 0.748. The highest BCUT2D eigenvalue weighted by molar-refractivity contribution is 6.30. The molecule has 0 unspecified atom stereocenters. The number of amides is 1. The van der Waals surface area contributed by atoms with Crippen molar-refractivity contribution in [3.63, 3.8) is 0 Å². The molecule has 4 rings (SSSR count). The summed E-state index contributed by atoms with van der Waals surface area (Å²) in [6, 6.07) is 10.0. The van der Waals surface area contributed by atoms with Gasteiger partial charge in [-0.2, -0.15) is 0 Å². The van der Waals surface area contributed by atoms with Crippen molar-refractivity contribution in [2.24, 2.45) is 0 Å². The van der Waals surface area contributed by atoms with E-state index in [-0.39, 0.29) is 0 Å². The molecular formula is C24H29ClN4O. The molecule has 30 heavy (non-hydrogen) atoms. The summed E-state index contributed by atoms with van der Waals surface area (Å²) in [7, 11) is 4.10. The molecule has 3 aromatic rings. The lowest BCUT2D eigenvalue weighted by atomic mass is 9.89. The number of likely N-dealkylation sites (tertiary alicyclic amines) is 1. The van der Waals surface area contributed by atoms with Crippen molar-refractivity contribution in [3.8, 4) is 5.69 Å². The highest BCUT2D eigenvalue weighted by Gasteiger charge is 2.26. The van der Waals surface area contributed by atoms with Gasteiger partial charge >= 0.3 is 0 Å². The average molecular weight is 425 g/mol. The zero-order valence-electron chi connectivity index (χ0n) is 17.7. The van der Waals surface area contributed by atoms with Gasteiger partial charge in [-0.3, -0.25) is 9.78 Å². The molecule has 158 valence electrons. The lowest BCUT2D eigenvalue weighted by Crippen LogP contribution is -2.38. The first-order valence-electron chi connectivity index (χ1n) is 10.7. The monoisotopic (exact) mass is 424 g/mol. The normalized spacial score (nSPS) is 15.3. The Hall–Kier alpha value is -2.37. The second kappa shape index (κ2) is 9.19. The summed E-state index contributed by atoms with van der Waals surface area (Å²) in [5.41, 5.74) is 3.54. The second-order valence-corrected chi connectivity index (χ2v) is 8.82. The van der Waals surface area contributed by atoms with Crippen molar-refractivity contribution in [2.75, 3.05) is 33.7 Å². The molecule has 0 bridgehead atoms. The van der Waals surface area contributed by atoms with E-state index in [1.54, 1.807) is 0 Å². The maximum atomic E-state index is 12.5. The molecule has 1 aliphatic rings. The van der Waals surface area contributed by atoms with Gasteiger partial charge < -0.3 is 14.4 Å². The van der Waals surface area contributed by atoms with Gasteiger partial charge in [0, 0.05) is 48.0 Å². The molecule has 2 aromatic heterocycles. The van der Waals surface area contributed by atoms with Crippen LogP contribution in [0, 0.1) is 0 Å². The number of rotatable bonds is 6. The third kappa shape index (κ3) is 4.52. The third-order valence-corrected chi connectivity index (χ3v) is 6.28. The zero-order valence-corrected chi connectivity index (χ0v) is 18.5. The predicted octanol–water partition coefficient (Wildman–Crippen LogP) is 4.73. The van der Waals surface area contributed by atoms with Crippen LogP contribution in [-0.2, 0) is 4.79 Å². The Balaban J connectivity index is 1.50. The number of hydrogen-bond acceptors (Lipinski definition) is 3. The number of pyridine rings is 1. The van der Waals surface area contributed by atoms with Gasteiger partial charge in [-0.05, 0) is 81.7 Å². The van der Waals surface area contributed by atoms with E-state index in [1.165, 1.54) is 10.9 Å². The van der Waals surface area contributed by atoms with E-state index in [0.29, 0.717) is 18.2 Å². The molecule has 0 saturated carbocycles. The van der Waals surface area contributed by atoms with Gasteiger partial charge in [0.1, 0.15) is 0 Å². The molecule has 1 amide bonds. The number of nitrogens with zero attached hydrogens (tertiary/aromatic N) is 4. The summed E-state index contributed by atoms with van der Waals surface area (Å²) in [6.45, 7) is 2.63. The number of benzene rings is 1. The number of aromatic nitrogens is 2. The van der Waals surface area contributed by atoms with Crippen LogP contribution in [-0.4, -0.2) is 59.0 Å². The first-order chi connectivity index (χ1) is 14.5. The van der Waals surface area contributed by atoms with Crippen molar-refractivity contribution in [2.45, 2.75) is 31.6 Å². The Morgan fingerprint density at radius 2 is 1.90 bits per heavy atom. The fourth-order valence-electron chi connectivity index (χ4n) is 4.39. The van der Waals surface area contributed by atoms with Crippen LogP contribution in [0.2, 0.25) is 5.02 Å². The fourth-order valence-corrected chi connectivity index (χ4v) is 4.51. The fraction of sp³-hybridized carbons (Fsp3) is 0.417. The van der Waals surface area contributed by atoms with Crippen molar-refractivity contribution < 1.29 is 4.79 Å². The van der Waals surface area contributed by atoms with Crippen LogP contribution in [0.15, 0.2) is 48.9 Å². The SMILES string of the molecule is CN(C)CCCC(=O)N1CCC(c2cn(-c3ccc(Cl)cc3)c3cnccc23)CC1. The molecule has 0 radical (unpaired) electrons. The summed E-state index contributed by atoms with van der Waals surface area (Å²) >= 11 is 6.07. The summed E-state index contributed by atoms with van der Waals surface area (Å²) in [5, 5.41) is 1.98. The predicted molar refractivity (Wildman–Crippen MR) is 122 cm³/mol. The maximum absolute atomic E-state index is 12.5. The lowest BCUT2D eigenvalue weighted by molar-refractivity contribution is -0.132. The van der Waals surface area contributed by atoms with Gasteiger partial charge in [0.15, 0.2) is 0 Å². The van der Waals surface area contributed by atoms with Crippen molar-refractivity contribution >= 4 is 28.4 Å². The van der Waals surface area contributed by atoms with E-state index in [2.05, 4.69) is 26.7 Å². The summed E-state index contributed by atoms with van der Waals surface area (Å²) in [4.78, 5) is 21.1. The van der Waals surface area contributed by atoms with Crippen LogP contribution < -0.4 is 0 Å². The Bertz CT molecular complexity index is 1000. The molecule has 1 aromatic carbocycles. The molecular weight excluding hydrogens is 396 g/mol. The third-order valence-electron chi connectivity index (χ3n) is 6.03. The number of fused-ring (bicyclic) bond motifs is 1. The molecule has 0 spiro atoms. The topological polar surface area (TPSA) is 41.4 Å². The van der Waals surface area contributed by atoms with E-state index in [4.69, 9.17) is 11.6 Å². The van der Waals surface area contributed by atoms with Crippen LogP contribution in [0.3, 0.4) is 0 Å². The Morgan fingerprint density at radius 1 is 1.17 bits per heavy atom. The second-order valence-electron chi connectivity index (χ2n) is 8.39. The van der Waals surface area contributed by atoms with Gasteiger partial charge in [-0.15, -0.1) is 0 Å². The van der Waals surface area contributed by atoms with Gasteiger partial charge in [-0.1, -0.05) is 11.6 Å². The van der Waals surface area contributed by atoms with Crippen LogP contribution in [0.5, 0.6) is 0 Å². The van der Waals surface area contributed by atoms with Gasteiger partial charge in [0.25, 0.3) is 0 Å². The van der Waals surface area contributed by atoms with E-state index in [1.807, 2.05) is 55.7 Å². The molecule has 0 atom stereocenters. The van der Waals surface area contributed by atoms with Crippen molar-refractivity contribution in [1.82, 2.24) is 19.4 Å². The Morgan fingerprint density at radius 3 is 2.60 bits per heavy atom. The molecule has 0 aliphatic carbocycles. The van der Waals surface area contributed by atoms with E-state index in [0.717, 1.165) is 55.1 Å². The van der Waals surface area contributed by atoms with Gasteiger partial charge in [-0.25, -0.2) is 0 Å². The first kappa shape index (κ1) is 20.9. The van der Waals surface area contributed by atoms with Crippen LogP contribution in [0.4, 0.5) is 0 Å². The number of piperidine rings is 1. The smallest absolute Gasteiger partial charge is 0.222 e. The zero-order chi connectivity index (χ0) is 21.1. The molecule has 5 nitrogen and oxygen atoms in total. The van der Waals surface area contributed by atoms with Gasteiger partial charge in [0.2, 0.25) is 5.91 Å². The van der Waals surface area contributed by atoms with Crippen molar-refractivity contribution in [3.05, 3.63) is 59.5 Å². The highest BCUT2D eigenvalue weighted by atomic mass is 35.5. The number of carbonyl (C=O) groups excluding carboxylic acids is 1. The molecule has 1 fully saturated rings. The molecule has 6 heteroatoms. The minimum absolute atomic E-state index is 0.295. The minimum Gasteiger partial charge on any atom is -0.343 e. The number of hydrogen-bond donors (Lipinski definition) is 0. The quantitative estimate of drug-likeness (QED) is 0.574. The lowest BCUT2D eigenvalue weighted by Gasteiger charge is -2.32. The average Bonchev–Trinajstić information content (AvgIpc) is 3.14. The first-order valence-corrected chi connectivity index (χ1v) is 11.0. The summed E-state index contributed by atoms with van der Waals surface area (Å²) in [6.07, 6.45) is 9.60. The van der Waals surface area contributed by atoms with Crippen molar-refractivity contribution in [1.29, 1.82) is 0 Å². The molecule has 3 heterocycles. The number of carbonyl (C=O) groups is 1. The summed E-state index contributed by atoms with van der Waals surface area (Å²) < 4.78 is 2.20. The number of halogens is 1. The molecule has 1 saturated heterocycles. The van der Waals surface area contributed by atoms with Crippen LogP contribution in [0.25, 0.3) is 16.6 Å². The maximum Gasteiger partial charge on any atom is 0.222 e. The van der Waals surface area contributed by atoms with Crippen LogP contribution in [0.1, 0.15) is 37.2 Å². The molecule has 1 aliphatic heterocycles. The van der Waals surface area contributed by atoms with Crippen LogP contribution >= 0.6 is 11.6 Å². The highest BCUT2D eigenvalue weighted by Crippen LogP contribution is 2.35. The van der Waals surface area contributed by atoms with Gasteiger partial charge in [0.05, 0.1) is 11.7 Å². The minimum atomic E-state index is 0.295.